The number of methoxy groups -OCH3 is 2. The lowest BCUT2D eigenvalue weighted by Crippen LogP contribution is -2.25. The van der Waals surface area contributed by atoms with E-state index in [9.17, 15) is 4.79 Å². The van der Waals surface area contributed by atoms with Crippen LogP contribution in [0.5, 0.6) is 17.2 Å². The molecular weight excluding hydrogens is 370 g/mol. The third-order valence-electron chi connectivity index (χ3n) is 4.38. The van der Waals surface area contributed by atoms with Crippen LogP contribution in [-0.2, 0) is 17.8 Å². The first-order valence-corrected chi connectivity index (χ1v) is 9.95. The van der Waals surface area contributed by atoms with E-state index in [4.69, 9.17) is 18.9 Å². The molecule has 0 saturated carbocycles. The van der Waals surface area contributed by atoms with Gasteiger partial charge in [-0.3, -0.25) is 4.79 Å². The Labute approximate surface area is 173 Å². The van der Waals surface area contributed by atoms with Crippen LogP contribution in [-0.4, -0.2) is 39.9 Å². The van der Waals surface area contributed by atoms with Crippen LogP contribution >= 0.6 is 0 Å². The zero-order chi connectivity index (χ0) is 21.1. The van der Waals surface area contributed by atoms with Crippen LogP contribution in [0.25, 0.3) is 0 Å². The molecule has 2 rings (SSSR count). The number of nitrogens with one attached hydrogen (secondary N) is 1. The molecule has 0 radical (unpaired) electrons. The summed E-state index contributed by atoms with van der Waals surface area (Å²) in [5.41, 5.74) is 2.53. The Bertz CT molecular complexity index is 791. The second kappa shape index (κ2) is 12.0. The molecule has 1 amide bonds. The van der Waals surface area contributed by atoms with Crippen molar-refractivity contribution < 1.29 is 23.7 Å². The first-order valence-electron chi connectivity index (χ1n) is 9.95. The van der Waals surface area contributed by atoms with E-state index in [1.54, 1.807) is 20.3 Å². The molecule has 2 aromatic carbocycles. The van der Waals surface area contributed by atoms with E-state index in [0.29, 0.717) is 49.8 Å². The van der Waals surface area contributed by atoms with Crippen LogP contribution in [0.3, 0.4) is 0 Å². The Balaban J connectivity index is 1.98. The first-order chi connectivity index (χ1) is 14.1. The first kappa shape index (κ1) is 22.6. The maximum Gasteiger partial charge on any atom is 0.251 e. The third kappa shape index (κ3) is 6.68. The molecule has 1 N–H and O–H groups in total. The monoisotopic (exact) mass is 401 g/mol. The smallest absolute Gasteiger partial charge is 0.251 e. The summed E-state index contributed by atoms with van der Waals surface area (Å²) in [5, 5.41) is 2.97. The maximum atomic E-state index is 12.6. The number of carbonyl (C=O) groups excluding carboxylic acids is 1. The number of ether oxygens (including phenoxy) is 4. The van der Waals surface area contributed by atoms with Gasteiger partial charge in [0.05, 0.1) is 27.4 Å². The van der Waals surface area contributed by atoms with Gasteiger partial charge in [-0.1, -0.05) is 13.0 Å². The lowest BCUT2D eigenvalue weighted by Gasteiger charge is -2.13. The summed E-state index contributed by atoms with van der Waals surface area (Å²) in [6.45, 7) is 6.18. The minimum atomic E-state index is -0.120. The minimum absolute atomic E-state index is 0.120. The van der Waals surface area contributed by atoms with Crippen molar-refractivity contribution in [3.63, 3.8) is 0 Å². The van der Waals surface area contributed by atoms with E-state index in [2.05, 4.69) is 12.2 Å². The molecule has 158 valence electrons. The van der Waals surface area contributed by atoms with E-state index in [1.807, 2.05) is 37.3 Å². The molecule has 0 fully saturated rings. The van der Waals surface area contributed by atoms with Crippen LogP contribution in [0.4, 0.5) is 0 Å². The van der Waals surface area contributed by atoms with Gasteiger partial charge in [-0.15, -0.1) is 0 Å². The molecule has 6 nitrogen and oxygen atoms in total. The molecule has 0 atom stereocenters. The Kier molecular flexibility index (Phi) is 9.31. The summed E-state index contributed by atoms with van der Waals surface area (Å²) >= 11 is 0. The molecule has 0 bridgehead atoms. The predicted molar refractivity (Wildman–Crippen MR) is 113 cm³/mol. The average molecular weight is 402 g/mol. The molecule has 0 saturated heterocycles. The van der Waals surface area contributed by atoms with Crippen molar-refractivity contribution in [3.05, 3.63) is 53.1 Å². The number of amides is 1. The van der Waals surface area contributed by atoms with E-state index in [-0.39, 0.29) is 5.91 Å². The molecule has 0 aliphatic rings. The van der Waals surface area contributed by atoms with Gasteiger partial charge in [-0.25, -0.2) is 0 Å². The normalized spacial score (nSPS) is 10.5. The summed E-state index contributed by atoms with van der Waals surface area (Å²) in [7, 11) is 3.22. The minimum Gasteiger partial charge on any atom is -0.494 e. The molecule has 2 aromatic rings. The van der Waals surface area contributed by atoms with Crippen molar-refractivity contribution in [2.45, 2.75) is 33.3 Å². The molecule has 0 aliphatic heterocycles. The van der Waals surface area contributed by atoms with Crippen LogP contribution in [0, 0.1) is 0 Å². The molecule has 29 heavy (non-hydrogen) atoms. The number of hydrogen-bond acceptors (Lipinski definition) is 5. The molecule has 0 aliphatic carbocycles. The summed E-state index contributed by atoms with van der Waals surface area (Å²) in [4.78, 5) is 12.6. The second-order valence-electron chi connectivity index (χ2n) is 6.50. The van der Waals surface area contributed by atoms with Crippen LogP contribution in [0.2, 0.25) is 0 Å². The van der Waals surface area contributed by atoms with Crippen molar-refractivity contribution in [3.8, 4) is 17.2 Å². The van der Waals surface area contributed by atoms with Gasteiger partial charge in [-0.2, -0.15) is 0 Å². The quantitative estimate of drug-likeness (QED) is 0.545. The molecule has 6 heteroatoms. The standard InChI is InChI=1S/C23H31NO5/c1-5-13-28-16-19-15-18(8-10-20(19)29-6-2)23(25)24-12-11-17-7-9-21(26-3)22(14-17)27-4/h7-10,14-15H,5-6,11-13,16H2,1-4H3,(H,24,25). The molecule has 0 aromatic heterocycles. The number of carbonyl (C=O) groups is 1. The molecular formula is C23H31NO5. The van der Waals surface area contributed by atoms with Crippen LogP contribution in [0.15, 0.2) is 36.4 Å². The Morgan fingerprint density at radius 1 is 0.966 bits per heavy atom. The highest BCUT2D eigenvalue weighted by Crippen LogP contribution is 2.27. The predicted octanol–water partition coefficient (Wildman–Crippen LogP) is 4.00. The van der Waals surface area contributed by atoms with Crippen molar-refractivity contribution in [2.75, 3.05) is 34.0 Å². The van der Waals surface area contributed by atoms with Gasteiger partial charge in [0, 0.05) is 24.3 Å². The summed E-state index contributed by atoms with van der Waals surface area (Å²) in [6.07, 6.45) is 1.63. The van der Waals surface area contributed by atoms with Crippen molar-refractivity contribution >= 4 is 5.91 Å². The third-order valence-corrected chi connectivity index (χ3v) is 4.38. The van der Waals surface area contributed by atoms with Gasteiger partial charge in [0.15, 0.2) is 11.5 Å². The SMILES string of the molecule is CCCOCc1cc(C(=O)NCCc2ccc(OC)c(OC)c2)ccc1OCC. The highest BCUT2D eigenvalue weighted by Gasteiger charge is 2.11. The lowest BCUT2D eigenvalue weighted by atomic mass is 10.1. The highest BCUT2D eigenvalue weighted by molar-refractivity contribution is 5.94. The van der Waals surface area contributed by atoms with Crippen molar-refractivity contribution in [1.82, 2.24) is 5.32 Å². The fourth-order valence-electron chi connectivity index (χ4n) is 2.91. The van der Waals surface area contributed by atoms with E-state index in [0.717, 1.165) is 23.3 Å². The van der Waals surface area contributed by atoms with E-state index < -0.39 is 0 Å². The zero-order valence-corrected chi connectivity index (χ0v) is 17.7. The van der Waals surface area contributed by atoms with Gasteiger partial charge in [0.2, 0.25) is 0 Å². The largest absolute Gasteiger partial charge is 0.494 e. The van der Waals surface area contributed by atoms with E-state index in [1.165, 1.54) is 0 Å². The van der Waals surface area contributed by atoms with Gasteiger partial charge < -0.3 is 24.3 Å². The van der Waals surface area contributed by atoms with Crippen molar-refractivity contribution in [1.29, 1.82) is 0 Å². The summed E-state index contributed by atoms with van der Waals surface area (Å²) < 4.78 is 21.9. The number of benzene rings is 2. The van der Waals surface area contributed by atoms with E-state index >= 15 is 0 Å². The van der Waals surface area contributed by atoms with Crippen molar-refractivity contribution in [2.24, 2.45) is 0 Å². The van der Waals surface area contributed by atoms with Gasteiger partial charge in [0.25, 0.3) is 5.91 Å². The molecule has 0 spiro atoms. The van der Waals surface area contributed by atoms with Crippen LogP contribution in [0.1, 0.15) is 41.8 Å². The number of rotatable bonds is 12. The van der Waals surface area contributed by atoms with Crippen LogP contribution < -0.4 is 19.5 Å². The molecule has 0 unspecified atom stereocenters. The molecule has 0 heterocycles. The van der Waals surface area contributed by atoms with Gasteiger partial charge in [0.1, 0.15) is 5.75 Å². The summed E-state index contributed by atoms with van der Waals surface area (Å²) in [5.74, 6) is 2.00. The Hall–Kier alpha value is -2.73. The lowest BCUT2D eigenvalue weighted by molar-refractivity contribution is 0.0953. The van der Waals surface area contributed by atoms with Gasteiger partial charge in [-0.05, 0) is 55.7 Å². The zero-order valence-electron chi connectivity index (χ0n) is 17.7. The average Bonchev–Trinajstić information content (AvgIpc) is 2.74. The number of hydrogen-bond donors (Lipinski definition) is 1. The topological polar surface area (TPSA) is 66.0 Å². The fourth-order valence-corrected chi connectivity index (χ4v) is 2.91. The Morgan fingerprint density at radius 2 is 1.72 bits per heavy atom. The Morgan fingerprint density at radius 3 is 2.41 bits per heavy atom. The fraction of sp³-hybridized carbons (Fsp3) is 0.435. The second-order valence-corrected chi connectivity index (χ2v) is 6.50. The summed E-state index contributed by atoms with van der Waals surface area (Å²) in [6, 6.07) is 11.2. The highest BCUT2D eigenvalue weighted by atomic mass is 16.5. The van der Waals surface area contributed by atoms with Gasteiger partial charge >= 0.3 is 0 Å². The maximum absolute atomic E-state index is 12.6.